The minimum Gasteiger partial charge on any atom is -0.279 e. The summed E-state index contributed by atoms with van der Waals surface area (Å²) >= 11 is 0. The highest BCUT2D eigenvalue weighted by Gasteiger charge is 1.98. The van der Waals surface area contributed by atoms with Gasteiger partial charge in [0.15, 0.2) is 0 Å². The van der Waals surface area contributed by atoms with E-state index in [4.69, 9.17) is 0 Å². The van der Waals surface area contributed by atoms with E-state index in [9.17, 15) is 0 Å². The summed E-state index contributed by atoms with van der Waals surface area (Å²) in [4.78, 5) is 0. The average Bonchev–Trinajstić information content (AvgIpc) is 2.38. The number of nitrogens with zero attached hydrogens (tertiary/aromatic N) is 1. The largest absolute Gasteiger partial charge is 0.279 e. The number of nitrogens with one attached hydrogen (secondary N) is 1. The number of hydrazone groups is 1. The third-order valence-corrected chi connectivity index (χ3v) is 3.03. The molecular formula is C16H26N2. The molecule has 0 bridgehead atoms. The normalized spacial score (nSPS) is 11.3. The van der Waals surface area contributed by atoms with Gasteiger partial charge in [-0.05, 0) is 36.5 Å². The predicted octanol–water partition coefficient (Wildman–Crippen LogP) is 5.18. The highest BCUT2D eigenvalue weighted by atomic mass is 15.3. The molecule has 0 aliphatic heterocycles. The van der Waals surface area contributed by atoms with Crippen LogP contribution in [0.3, 0.4) is 0 Å². The van der Waals surface area contributed by atoms with Crippen molar-refractivity contribution in [2.45, 2.75) is 58.8 Å². The maximum atomic E-state index is 4.26. The first kappa shape index (κ1) is 14.7. The number of anilines is 1. The molecule has 0 atom stereocenters. The van der Waals surface area contributed by atoms with Gasteiger partial charge >= 0.3 is 0 Å². The van der Waals surface area contributed by atoms with E-state index in [-0.39, 0.29) is 0 Å². The van der Waals surface area contributed by atoms with Gasteiger partial charge in [-0.15, -0.1) is 0 Å². The first-order chi connectivity index (χ1) is 8.74. The van der Waals surface area contributed by atoms with Crippen LogP contribution in [0.4, 0.5) is 5.69 Å². The average molecular weight is 246 g/mol. The van der Waals surface area contributed by atoms with E-state index in [0.29, 0.717) is 5.92 Å². The van der Waals surface area contributed by atoms with Crippen LogP contribution in [-0.2, 0) is 0 Å². The quantitative estimate of drug-likeness (QED) is 0.381. The molecule has 18 heavy (non-hydrogen) atoms. The van der Waals surface area contributed by atoms with Crippen LogP contribution < -0.4 is 5.43 Å². The van der Waals surface area contributed by atoms with Crippen LogP contribution in [0.15, 0.2) is 29.4 Å². The Morgan fingerprint density at radius 3 is 2.78 bits per heavy atom. The van der Waals surface area contributed by atoms with Crippen LogP contribution in [0.25, 0.3) is 0 Å². The number of hydrogen-bond donors (Lipinski definition) is 1. The maximum absolute atomic E-state index is 4.26. The van der Waals surface area contributed by atoms with Gasteiger partial charge in [-0.1, -0.05) is 52.2 Å². The number of unbranched alkanes of at least 4 members (excludes halogenated alkanes) is 4. The molecule has 1 aromatic carbocycles. The second-order valence-electron chi connectivity index (χ2n) is 5.05. The van der Waals surface area contributed by atoms with Crippen LogP contribution in [0.5, 0.6) is 0 Å². The lowest BCUT2D eigenvalue weighted by Gasteiger charge is -2.07. The van der Waals surface area contributed by atoms with E-state index in [1.54, 1.807) is 0 Å². The molecule has 100 valence electrons. The number of benzene rings is 1. The fraction of sp³-hybridized carbons (Fsp3) is 0.562. The Hall–Kier alpha value is -1.31. The maximum Gasteiger partial charge on any atom is 0.0564 e. The highest BCUT2D eigenvalue weighted by Crippen LogP contribution is 2.18. The van der Waals surface area contributed by atoms with Gasteiger partial charge in [-0.25, -0.2) is 0 Å². The van der Waals surface area contributed by atoms with Crippen LogP contribution in [0, 0.1) is 0 Å². The zero-order valence-corrected chi connectivity index (χ0v) is 11.9. The van der Waals surface area contributed by atoms with Crippen LogP contribution in [0.1, 0.15) is 64.4 Å². The van der Waals surface area contributed by atoms with Gasteiger partial charge in [0.1, 0.15) is 0 Å². The van der Waals surface area contributed by atoms with Gasteiger partial charge in [0, 0.05) is 6.21 Å². The minimum absolute atomic E-state index is 0.560. The molecule has 0 fully saturated rings. The van der Waals surface area contributed by atoms with Crippen molar-refractivity contribution in [1.82, 2.24) is 0 Å². The monoisotopic (exact) mass is 246 g/mol. The highest BCUT2D eigenvalue weighted by molar-refractivity contribution is 5.59. The summed E-state index contributed by atoms with van der Waals surface area (Å²) in [5.74, 6) is 0.560. The van der Waals surface area contributed by atoms with Crippen molar-refractivity contribution in [3.05, 3.63) is 29.8 Å². The van der Waals surface area contributed by atoms with E-state index in [2.05, 4.69) is 55.6 Å². The van der Waals surface area contributed by atoms with Crippen molar-refractivity contribution < 1.29 is 0 Å². The second-order valence-corrected chi connectivity index (χ2v) is 5.05. The lowest BCUT2D eigenvalue weighted by atomic mass is 10.0. The Morgan fingerprint density at radius 2 is 2.06 bits per heavy atom. The third-order valence-electron chi connectivity index (χ3n) is 3.03. The third kappa shape index (κ3) is 5.85. The summed E-state index contributed by atoms with van der Waals surface area (Å²) in [5.41, 5.74) is 5.52. The van der Waals surface area contributed by atoms with E-state index in [1.807, 2.05) is 6.21 Å². The molecule has 0 saturated carbocycles. The molecule has 0 amide bonds. The minimum atomic E-state index is 0.560. The summed E-state index contributed by atoms with van der Waals surface area (Å²) in [7, 11) is 0. The molecule has 0 saturated heterocycles. The zero-order valence-electron chi connectivity index (χ0n) is 11.9. The lowest BCUT2D eigenvalue weighted by molar-refractivity contribution is 0.685. The molecule has 1 N–H and O–H groups in total. The first-order valence-electron chi connectivity index (χ1n) is 7.11. The summed E-state index contributed by atoms with van der Waals surface area (Å²) in [5, 5.41) is 4.26. The van der Waals surface area contributed by atoms with Crippen molar-refractivity contribution in [2.24, 2.45) is 5.10 Å². The van der Waals surface area contributed by atoms with Crippen molar-refractivity contribution >= 4 is 11.9 Å². The SMILES string of the molecule is CCCCCCC=NNc1cccc(C(C)C)c1. The summed E-state index contributed by atoms with van der Waals surface area (Å²) < 4.78 is 0. The summed E-state index contributed by atoms with van der Waals surface area (Å²) in [6.07, 6.45) is 8.22. The van der Waals surface area contributed by atoms with Crippen molar-refractivity contribution in [2.75, 3.05) is 5.43 Å². The Kier molecular flexibility index (Phi) is 7.16. The van der Waals surface area contributed by atoms with Crippen molar-refractivity contribution in [3.63, 3.8) is 0 Å². The van der Waals surface area contributed by atoms with E-state index in [1.165, 1.54) is 31.2 Å². The van der Waals surface area contributed by atoms with Gasteiger partial charge < -0.3 is 0 Å². The fourth-order valence-electron chi connectivity index (χ4n) is 1.81. The second kappa shape index (κ2) is 8.73. The Balaban J connectivity index is 2.30. The van der Waals surface area contributed by atoms with Gasteiger partial charge in [0.25, 0.3) is 0 Å². The lowest BCUT2D eigenvalue weighted by Crippen LogP contribution is -1.92. The summed E-state index contributed by atoms with van der Waals surface area (Å²) in [6.45, 7) is 6.64. The smallest absolute Gasteiger partial charge is 0.0564 e. The zero-order chi connectivity index (χ0) is 13.2. The molecule has 0 aliphatic rings. The first-order valence-corrected chi connectivity index (χ1v) is 7.11. The molecule has 0 radical (unpaired) electrons. The van der Waals surface area contributed by atoms with Crippen LogP contribution in [0.2, 0.25) is 0 Å². The molecule has 2 heteroatoms. The molecule has 0 aromatic heterocycles. The predicted molar refractivity (Wildman–Crippen MR) is 81.4 cm³/mol. The number of rotatable bonds is 8. The van der Waals surface area contributed by atoms with E-state index in [0.717, 1.165) is 12.1 Å². The van der Waals surface area contributed by atoms with Crippen molar-refractivity contribution in [1.29, 1.82) is 0 Å². The van der Waals surface area contributed by atoms with Crippen LogP contribution >= 0.6 is 0 Å². The Morgan fingerprint density at radius 1 is 1.22 bits per heavy atom. The van der Waals surface area contributed by atoms with E-state index >= 15 is 0 Å². The molecule has 0 aliphatic carbocycles. The van der Waals surface area contributed by atoms with Gasteiger partial charge in [0.05, 0.1) is 5.69 Å². The van der Waals surface area contributed by atoms with Gasteiger partial charge in [0.2, 0.25) is 0 Å². The fourth-order valence-corrected chi connectivity index (χ4v) is 1.81. The molecule has 0 heterocycles. The van der Waals surface area contributed by atoms with Gasteiger partial charge in [-0.3, -0.25) is 5.43 Å². The summed E-state index contributed by atoms with van der Waals surface area (Å²) in [6, 6.07) is 8.46. The molecule has 1 rings (SSSR count). The van der Waals surface area contributed by atoms with Crippen molar-refractivity contribution in [3.8, 4) is 0 Å². The van der Waals surface area contributed by atoms with Crippen LogP contribution in [-0.4, -0.2) is 6.21 Å². The number of hydrogen-bond acceptors (Lipinski definition) is 2. The van der Waals surface area contributed by atoms with E-state index < -0.39 is 0 Å². The topological polar surface area (TPSA) is 24.4 Å². The standard InChI is InChI=1S/C16H26N2/c1-4-5-6-7-8-12-17-18-16-11-9-10-15(13-16)14(2)3/h9-14,18H,4-8H2,1-3H3. The van der Waals surface area contributed by atoms with Gasteiger partial charge in [-0.2, -0.15) is 5.10 Å². The molecule has 0 spiro atoms. The molecule has 1 aromatic rings. The molecular weight excluding hydrogens is 220 g/mol. The molecule has 0 unspecified atom stereocenters. The Labute approximate surface area is 111 Å². The Bertz CT molecular complexity index is 356. The molecule has 2 nitrogen and oxygen atoms in total.